The first kappa shape index (κ1) is 31.7. The number of carboxylic acids is 2. The highest BCUT2D eigenvalue weighted by molar-refractivity contribution is 6.27. The fourth-order valence-corrected chi connectivity index (χ4v) is 4.09. The standard InChI is InChI=1S/C13H18FNO2.C13H17NO2.C2H2O4/c1-15-8-2-7-13(16-9-10-17-13)11-3-5-12(14)6-4-11;1-11(15)14-9-7-13(8-10-14)16-12-5-3-2-4-6-12;3-1(4)2(5)6/h3-6,15H,2,7-10H2,1H3;2-6,13H,7-10H2,1H3;(H,3,4)(H,5,6). The van der Waals surface area contributed by atoms with E-state index in [9.17, 15) is 9.18 Å². The molecule has 0 aromatic heterocycles. The summed E-state index contributed by atoms with van der Waals surface area (Å²) < 4.78 is 30.2. The van der Waals surface area contributed by atoms with Gasteiger partial charge in [-0.25, -0.2) is 14.0 Å². The van der Waals surface area contributed by atoms with Crippen LogP contribution in [-0.2, 0) is 29.6 Å². The van der Waals surface area contributed by atoms with Crippen molar-refractivity contribution < 1.29 is 43.2 Å². The molecule has 3 N–H and O–H groups in total. The van der Waals surface area contributed by atoms with Crippen molar-refractivity contribution in [3.05, 3.63) is 66.0 Å². The van der Waals surface area contributed by atoms with E-state index in [1.165, 1.54) is 12.1 Å². The lowest BCUT2D eigenvalue weighted by atomic mass is 10.0. The van der Waals surface area contributed by atoms with Crippen LogP contribution in [0, 0.1) is 5.82 Å². The number of rotatable bonds is 7. The first-order valence-corrected chi connectivity index (χ1v) is 12.8. The molecule has 2 aromatic rings. The lowest BCUT2D eigenvalue weighted by Crippen LogP contribution is -2.40. The van der Waals surface area contributed by atoms with Gasteiger partial charge in [-0.1, -0.05) is 30.3 Å². The number of likely N-dealkylation sites (tertiary alicyclic amines) is 1. The van der Waals surface area contributed by atoms with Gasteiger partial charge in [0.25, 0.3) is 0 Å². The predicted octanol–water partition coefficient (Wildman–Crippen LogP) is 3.26. The Morgan fingerprint density at radius 2 is 1.56 bits per heavy atom. The number of halogens is 1. The van der Waals surface area contributed by atoms with E-state index >= 15 is 0 Å². The minimum Gasteiger partial charge on any atom is -0.490 e. The van der Waals surface area contributed by atoms with Crippen LogP contribution in [0.2, 0.25) is 0 Å². The Hall–Kier alpha value is -3.54. The normalized spacial score (nSPS) is 16.2. The molecular formula is C28H37FN2O8. The van der Waals surface area contributed by atoms with E-state index in [1.54, 1.807) is 19.1 Å². The highest BCUT2D eigenvalue weighted by atomic mass is 19.1. The van der Waals surface area contributed by atoms with E-state index in [0.717, 1.165) is 56.6 Å². The summed E-state index contributed by atoms with van der Waals surface area (Å²) >= 11 is 0. The zero-order chi connectivity index (χ0) is 28.7. The summed E-state index contributed by atoms with van der Waals surface area (Å²) in [4.78, 5) is 31.2. The zero-order valence-corrected chi connectivity index (χ0v) is 22.3. The molecule has 0 unspecified atom stereocenters. The van der Waals surface area contributed by atoms with Crippen molar-refractivity contribution in [1.29, 1.82) is 0 Å². The number of amides is 1. The van der Waals surface area contributed by atoms with Crippen LogP contribution in [-0.4, -0.2) is 79.0 Å². The van der Waals surface area contributed by atoms with Gasteiger partial charge in [-0.3, -0.25) is 4.79 Å². The van der Waals surface area contributed by atoms with Gasteiger partial charge in [0.2, 0.25) is 5.91 Å². The maximum absolute atomic E-state index is 12.9. The Labute approximate surface area is 227 Å². The molecule has 2 fully saturated rings. The quantitative estimate of drug-likeness (QED) is 0.352. The first-order valence-electron chi connectivity index (χ1n) is 12.8. The van der Waals surface area contributed by atoms with E-state index in [-0.39, 0.29) is 17.8 Å². The number of benzene rings is 2. The Balaban J connectivity index is 0.000000228. The van der Waals surface area contributed by atoms with Gasteiger partial charge in [0.05, 0.1) is 13.2 Å². The average Bonchev–Trinajstić information content (AvgIpc) is 3.41. The highest BCUT2D eigenvalue weighted by Gasteiger charge is 2.37. The second-order valence-corrected chi connectivity index (χ2v) is 8.91. The number of carbonyl (C=O) groups is 3. The van der Waals surface area contributed by atoms with Crippen molar-refractivity contribution in [2.75, 3.05) is 39.9 Å². The SMILES string of the molecule is CC(=O)N1CCC(Oc2ccccc2)CC1.CNCCCC1(c2ccc(F)cc2)OCCO1.O=C(O)C(=O)O. The summed E-state index contributed by atoms with van der Waals surface area (Å²) in [7, 11) is 1.92. The predicted molar refractivity (Wildman–Crippen MR) is 141 cm³/mol. The molecule has 0 atom stereocenters. The van der Waals surface area contributed by atoms with Crippen LogP contribution in [0.4, 0.5) is 4.39 Å². The summed E-state index contributed by atoms with van der Waals surface area (Å²) in [6, 6.07) is 16.2. The van der Waals surface area contributed by atoms with Gasteiger partial charge in [-0.15, -0.1) is 0 Å². The molecule has 0 spiro atoms. The van der Waals surface area contributed by atoms with Crippen molar-refractivity contribution >= 4 is 17.8 Å². The maximum atomic E-state index is 12.9. The van der Waals surface area contributed by atoms with Crippen molar-refractivity contribution in [3.63, 3.8) is 0 Å². The summed E-state index contributed by atoms with van der Waals surface area (Å²) in [5, 5.41) is 17.9. The molecule has 2 saturated heterocycles. The number of carbonyl (C=O) groups excluding carboxylic acids is 1. The molecule has 214 valence electrons. The van der Waals surface area contributed by atoms with Crippen LogP contribution < -0.4 is 10.1 Å². The average molecular weight is 549 g/mol. The van der Waals surface area contributed by atoms with Crippen molar-refractivity contribution in [2.45, 2.75) is 44.5 Å². The second-order valence-electron chi connectivity index (χ2n) is 8.91. The molecule has 0 bridgehead atoms. The topological polar surface area (TPSA) is 135 Å². The number of hydrogen-bond donors (Lipinski definition) is 3. The molecule has 39 heavy (non-hydrogen) atoms. The number of piperidine rings is 1. The molecule has 1 amide bonds. The summed E-state index contributed by atoms with van der Waals surface area (Å²) in [6.45, 7) is 5.35. The highest BCUT2D eigenvalue weighted by Crippen LogP contribution is 2.35. The Kier molecular flexibility index (Phi) is 13.3. The molecule has 2 aliphatic heterocycles. The van der Waals surface area contributed by atoms with Gasteiger partial charge in [0.15, 0.2) is 5.79 Å². The summed E-state index contributed by atoms with van der Waals surface area (Å²) in [5.41, 5.74) is 0.896. The van der Waals surface area contributed by atoms with Gasteiger partial charge in [0, 0.05) is 44.8 Å². The summed E-state index contributed by atoms with van der Waals surface area (Å²) in [5.74, 6) is -3.48. The number of para-hydroxylation sites is 1. The molecular weight excluding hydrogens is 511 g/mol. The lowest BCUT2D eigenvalue weighted by molar-refractivity contribution is -0.171. The molecule has 10 nitrogen and oxygen atoms in total. The molecule has 0 aliphatic carbocycles. The van der Waals surface area contributed by atoms with E-state index in [4.69, 9.17) is 34.0 Å². The molecule has 0 saturated carbocycles. The molecule has 0 radical (unpaired) electrons. The van der Waals surface area contributed by atoms with Gasteiger partial charge in [-0.2, -0.15) is 0 Å². The third-order valence-corrected chi connectivity index (χ3v) is 6.09. The molecule has 11 heteroatoms. The van der Waals surface area contributed by atoms with Crippen LogP contribution >= 0.6 is 0 Å². The number of hydrogen-bond acceptors (Lipinski definition) is 7. The monoisotopic (exact) mass is 548 g/mol. The Morgan fingerprint density at radius 3 is 2.05 bits per heavy atom. The lowest BCUT2D eigenvalue weighted by Gasteiger charge is -2.31. The molecule has 2 heterocycles. The Morgan fingerprint density at radius 1 is 1.00 bits per heavy atom. The van der Waals surface area contributed by atoms with Crippen molar-refractivity contribution in [1.82, 2.24) is 10.2 Å². The van der Waals surface area contributed by atoms with Crippen LogP contribution in [0.3, 0.4) is 0 Å². The number of carboxylic acid groups (broad SMARTS) is 2. The number of nitrogens with zero attached hydrogens (tertiary/aromatic N) is 1. The van der Waals surface area contributed by atoms with Crippen LogP contribution in [0.1, 0.15) is 38.2 Å². The fraction of sp³-hybridized carbons (Fsp3) is 0.464. The second kappa shape index (κ2) is 16.4. The van der Waals surface area contributed by atoms with Gasteiger partial charge >= 0.3 is 11.9 Å². The number of ether oxygens (including phenoxy) is 3. The minimum atomic E-state index is -1.82. The van der Waals surface area contributed by atoms with Crippen LogP contribution in [0.25, 0.3) is 0 Å². The third-order valence-electron chi connectivity index (χ3n) is 6.09. The van der Waals surface area contributed by atoms with Gasteiger partial charge < -0.3 is 34.6 Å². The minimum absolute atomic E-state index is 0.165. The van der Waals surface area contributed by atoms with E-state index in [2.05, 4.69) is 5.32 Å². The largest absolute Gasteiger partial charge is 0.490 e. The zero-order valence-electron chi connectivity index (χ0n) is 22.3. The smallest absolute Gasteiger partial charge is 0.414 e. The van der Waals surface area contributed by atoms with E-state index in [0.29, 0.717) is 13.2 Å². The third kappa shape index (κ3) is 11.0. The molecule has 2 aliphatic rings. The van der Waals surface area contributed by atoms with Crippen molar-refractivity contribution in [2.24, 2.45) is 0 Å². The number of aliphatic carboxylic acids is 2. The van der Waals surface area contributed by atoms with E-state index < -0.39 is 17.7 Å². The molecule has 2 aromatic carbocycles. The van der Waals surface area contributed by atoms with Crippen LogP contribution in [0.15, 0.2) is 54.6 Å². The molecule has 4 rings (SSSR count). The van der Waals surface area contributed by atoms with E-state index in [1.807, 2.05) is 42.3 Å². The first-order chi connectivity index (χ1) is 18.7. The number of nitrogens with one attached hydrogen (secondary N) is 1. The maximum Gasteiger partial charge on any atom is 0.414 e. The fourth-order valence-electron chi connectivity index (χ4n) is 4.09. The Bertz CT molecular complexity index is 1010. The van der Waals surface area contributed by atoms with Crippen molar-refractivity contribution in [3.8, 4) is 5.75 Å². The van der Waals surface area contributed by atoms with Gasteiger partial charge in [-0.05, 0) is 44.3 Å². The summed E-state index contributed by atoms with van der Waals surface area (Å²) in [6.07, 6.45) is 3.83. The van der Waals surface area contributed by atoms with Crippen LogP contribution in [0.5, 0.6) is 5.75 Å². The van der Waals surface area contributed by atoms with Gasteiger partial charge in [0.1, 0.15) is 17.7 Å².